The first-order valence-electron chi connectivity index (χ1n) is 5.80. The lowest BCUT2D eigenvalue weighted by molar-refractivity contribution is -0.186. The number of nitrogens with zero attached hydrogens (tertiary/aromatic N) is 2. The van der Waals surface area contributed by atoms with Crippen molar-refractivity contribution >= 4 is 17.9 Å². The molecule has 0 aromatic rings. The second kappa shape index (κ2) is 4.54. The van der Waals surface area contributed by atoms with Gasteiger partial charge in [0.1, 0.15) is 6.04 Å². The van der Waals surface area contributed by atoms with Crippen LogP contribution in [0.25, 0.3) is 0 Å². The molecule has 3 N–H and O–H groups in total. The van der Waals surface area contributed by atoms with Gasteiger partial charge in [-0.3, -0.25) is 9.63 Å². The maximum Gasteiger partial charge on any atom is 0.345 e. The van der Waals surface area contributed by atoms with E-state index in [1.165, 1.54) is 11.8 Å². The van der Waals surface area contributed by atoms with Gasteiger partial charge >= 0.3 is 12.0 Å². The van der Waals surface area contributed by atoms with Crippen molar-refractivity contribution in [1.29, 1.82) is 0 Å². The minimum atomic E-state index is -1.17. The molecular weight excluding hydrogens is 254 g/mol. The number of amides is 3. The van der Waals surface area contributed by atoms with Crippen molar-refractivity contribution in [1.82, 2.24) is 9.96 Å². The smallest absolute Gasteiger partial charge is 0.345 e. The zero-order chi connectivity index (χ0) is 14.3. The first kappa shape index (κ1) is 13.3. The summed E-state index contributed by atoms with van der Waals surface area (Å²) in [5.41, 5.74) is 5.99. The zero-order valence-corrected chi connectivity index (χ0v) is 10.6. The van der Waals surface area contributed by atoms with E-state index in [1.807, 2.05) is 0 Å². The Kier molecular flexibility index (Phi) is 3.19. The van der Waals surface area contributed by atoms with Crippen LogP contribution >= 0.6 is 0 Å². The van der Waals surface area contributed by atoms with Gasteiger partial charge in [-0.05, 0) is 19.4 Å². The van der Waals surface area contributed by atoms with Gasteiger partial charge in [0.25, 0.3) is 0 Å². The molecule has 3 amide bonds. The van der Waals surface area contributed by atoms with E-state index < -0.39 is 30.1 Å². The largest absolute Gasteiger partial charge is 0.479 e. The minimum absolute atomic E-state index is 0.265. The van der Waals surface area contributed by atoms with E-state index in [0.29, 0.717) is 0 Å². The number of carbonyl (C=O) groups is 3. The van der Waals surface area contributed by atoms with Crippen molar-refractivity contribution in [3.63, 3.8) is 0 Å². The molecule has 2 aliphatic rings. The Morgan fingerprint density at radius 2 is 2.21 bits per heavy atom. The SMILES string of the molecule is CC1=C[C@@H](C(N)=O)N2C[C@H]1N(O[C@H](C)C(=O)O)C2=O. The maximum atomic E-state index is 12.1. The molecule has 1 fully saturated rings. The van der Waals surface area contributed by atoms with E-state index in [1.54, 1.807) is 13.0 Å². The summed E-state index contributed by atoms with van der Waals surface area (Å²) < 4.78 is 0. The van der Waals surface area contributed by atoms with Crippen LogP contribution in [0.4, 0.5) is 4.79 Å². The highest BCUT2D eigenvalue weighted by Crippen LogP contribution is 2.30. The second-order valence-electron chi connectivity index (χ2n) is 4.62. The van der Waals surface area contributed by atoms with E-state index >= 15 is 0 Å². The van der Waals surface area contributed by atoms with Crippen LogP contribution in [0.2, 0.25) is 0 Å². The molecule has 0 aliphatic carbocycles. The molecule has 8 nitrogen and oxygen atoms in total. The number of carbonyl (C=O) groups excluding carboxylic acids is 2. The third kappa shape index (κ3) is 2.14. The Labute approximate surface area is 109 Å². The fourth-order valence-corrected chi connectivity index (χ4v) is 2.18. The normalized spacial score (nSPS) is 27.3. The van der Waals surface area contributed by atoms with E-state index in [9.17, 15) is 14.4 Å². The third-order valence-electron chi connectivity index (χ3n) is 3.28. The molecule has 2 bridgehead atoms. The van der Waals surface area contributed by atoms with Crippen molar-refractivity contribution in [3.05, 3.63) is 11.6 Å². The molecular formula is C11H15N3O5. The number of hydrogen-bond donors (Lipinski definition) is 2. The fraction of sp³-hybridized carbons (Fsp3) is 0.545. The summed E-state index contributed by atoms with van der Waals surface area (Å²) in [6.07, 6.45) is 0.452. The second-order valence-corrected chi connectivity index (χ2v) is 4.62. The molecule has 104 valence electrons. The van der Waals surface area contributed by atoms with Gasteiger partial charge in [-0.1, -0.05) is 6.08 Å². The third-order valence-corrected chi connectivity index (χ3v) is 3.28. The highest BCUT2D eigenvalue weighted by atomic mass is 16.7. The lowest BCUT2D eigenvalue weighted by atomic mass is 10.0. The molecule has 0 spiro atoms. The molecule has 0 aromatic carbocycles. The molecule has 2 aliphatic heterocycles. The van der Waals surface area contributed by atoms with Crippen LogP contribution in [0.15, 0.2) is 11.6 Å². The number of rotatable bonds is 4. The standard InChI is InChI=1S/C11H15N3O5/c1-5-3-7(9(12)15)13-4-8(5)14(11(13)18)19-6(2)10(16)17/h3,6-8H,4H2,1-2H3,(H2,12,15)(H,16,17)/t6-,7+,8-/m1/s1. The summed E-state index contributed by atoms with van der Waals surface area (Å²) in [6, 6.07) is -1.74. The summed E-state index contributed by atoms with van der Waals surface area (Å²) in [5, 5.41) is 9.82. The fourth-order valence-electron chi connectivity index (χ4n) is 2.18. The van der Waals surface area contributed by atoms with E-state index in [4.69, 9.17) is 15.7 Å². The Balaban J connectivity index is 2.23. The first-order valence-corrected chi connectivity index (χ1v) is 5.80. The first-order chi connectivity index (χ1) is 8.82. The molecule has 8 heteroatoms. The summed E-state index contributed by atoms with van der Waals surface area (Å²) in [5.74, 6) is -1.79. The number of hydroxylamine groups is 2. The van der Waals surface area contributed by atoms with Crippen LogP contribution in [0.5, 0.6) is 0 Å². The number of hydrogen-bond acceptors (Lipinski definition) is 4. The van der Waals surface area contributed by atoms with E-state index in [2.05, 4.69) is 0 Å². The lowest BCUT2D eigenvalue weighted by Gasteiger charge is -2.26. The molecule has 0 unspecified atom stereocenters. The minimum Gasteiger partial charge on any atom is -0.479 e. The van der Waals surface area contributed by atoms with Crippen molar-refractivity contribution in [2.45, 2.75) is 32.0 Å². The van der Waals surface area contributed by atoms with Gasteiger partial charge in [0.2, 0.25) is 5.91 Å². The van der Waals surface area contributed by atoms with Crippen LogP contribution in [0.1, 0.15) is 13.8 Å². The molecule has 1 saturated heterocycles. The average Bonchev–Trinajstić information content (AvgIpc) is 2.60. The van der Waals surface area contributed by atoms with Gasteiger partial charge in [-0.2, -0.15) is 5.06 Å². The molecule has 19 heavy (non-hydrogen) atoms. The quantitative estimate of drug-likeness (QED) is 0.656. The topological polar surface area (TPSA) is 113 Å². The number of nitrogens with two attached hydrogens (primary N) is 1. The Bertz CT molecular complexity index is 475. The highest BCUT2D eigenvalue weighted by Gasteiger charge is 2.47. The van der Waals surface area contributed by atoms with Gasteiger partial charge in [-0.15, -0.1) is 0 Å². The summed E-state index contributed by atoms with van der Waals surface area (Å²) in [7, 11) is 0. The van der Waals surface area contributed by atoms with Gasteiger partial charge < -0.3 is 15.7 Å². The van der Waals surface area contributed by atoms with Gasteiger partial charge in [0, 0.05) is 0 Å². The molecule has 0 saturated carbocycles. The van der Waals surface area contributed by atoms with Crippen molar-refractivity contribution in [2.75, 3.05) is 6.54 Å². The number of aliphatic carboxylic acids is 1. The molecule has 3 atom stereocenters. The lowest BCUT2D eigenvalue weighted by Crippen LogP contribution is -2.46. The van der Waals surface area contributed by atoms with Gasteiger partial charge in [0.05, 0.1) is 12.6 Å². The van der Waals surface area contributed by atoms with Gasteiger partial charge in [-0.25, -0.2) is 9.59 Å². The maximum absolute atomic E-state index is 12.1. The van der Waals surface area contributed by atoms with E-state index in [-0.39, 0.29) is 12.6 Å². The zero-order valence-electron chi connectivity index (χ0n) is 10.6. The highest BCUT2D eigenvalue weighted by molar-refractivity contribution is 5.90. The number of primary amides is 1. The number of carboxylic acids is 1. The molecule has 0 aromatic heterocycles. The predicted molar refractivity (Wildman–Crippen MR) is 62.7 cm³/mol. The Hall–Kier alpha value is -2.09. The molecule has 0 radical (unpaired) electrons. The van der Waals surface area contributed by atoms with Crippen molar-refractivity contribution < 1.29 is 24.3 Å². The van der Waals surface area contributed by atoms with Crippen LogP contribution in [0.3, 0.4) is 0 Å². The van der Waals surface area contributed by atoms with Crippen LogP contribution < -0.4 is 5.73 Å². The van der Waals surface area contributed by atoms with Crippen LogP contribution in [0, 0.1) is 0 Å². The summed E-state index contributed by atoms with van der Waals surface area (Å²) in [4.78, 5) is 40.6. The summed E-state index contributed by atoms with van der Waals surface area (Å²) >= 11 is 0. The number of urea groups is 1. The Morgan fingerprint density at radius 3 is 2.74 bits per heavy atom. The van der Waals surface area contributed by atoms with E-state index in [0.717, 1.165) is 10.6 Å². The number of fused-ring (bicyclic) bond motifs is 2. The Morgan fingerprint density at radius 1 is 1.58 bits per heavy atom. The van der Waals surface area contributed by atoms with Crippen LogP contribution in [-0.4, -0.2) is 57.7 Å². The molecule has 2 rings (SSSR count). The number of carboxylic acid groups (broad SMARTS) is 1. The van der Waals surface area contributed by atoms with Crippen molar-refractivity contribution in [3.8, 4) is 0 Å². The van der Waals surface area contributed by atoms with Crippen LogP contribution in [-0.2, 0) is 14.4 Å². The monoisotopic (exact) mass is 269 g/mol. The van der Waals surface area contributed by atoms with Crippen molar-refractivity contribution in [2.24, 2.45) is 5.73 Å². The molecule has 2 heterocycles. The average molecular weight is 269 g/mol. The van der Waals surface area contributed by atoms with Gasteiger partial charge in [0.15, 0.2) is 6.10 Å². The summed E-state index contributed by atoms with van der Waals surface area (Å²) in [6.45, 7) is 3.34. The predicted octanol–water partition coefficient (Wildman–Crippen LogP) is -0.689.